The second-order valence-corrected chi connectivity index (χ2v) is 14.0. The van der Waals surface area contributed by atoms with Crippen molar-refractivity contribution in [3.8, 4) is 11.6 Å². The van der Waals surface area contributed by atoms with Gasteiger partial charge < -0.3 is 19.5 Å². The molecule has 1 aromatic carbocycles. The summed E-state index contributed by atoms with van der Waals surface area (Å²) in [4.78, 5) is 57.6. The predicted octanol–water partition coefficient (Wildman–Crippen LogP) is 4.29. The highest BCUT2D eigenvalue weighted by atomic mass is 16.6. The highest BCUT2D eigenvalue weighted by molar-refractivity contribution is 5.91. The van der Waals surface area contributed by atoms with Crippen LogP contribution in [0, 0.1) is 17.8 Å². The van der Waals surface area contributed by atoms with Gasteiger partial charge in [-0.2, -0.15) is 4.79 Å². The third-order valence-corrected chi connectivity index (χ3v) is 10.2. The van der Waals surface area contributed by atoms with E-state index in [2.05, 4.69) is 26.9 Å². The lowest BCUT2D eigenvalue weighted by atomic mass is 9.87. The van der Waals surface area contributed by atoms with Crippen molar-refractivity contribution in [2.24, 2.45) is 17.8 Å². The van der Waals surface area contributed by atoms with Crippen molar-refractivity contribution in [2.45, 2.75) is 110 Å². The third kappa shape index (κ3) is 9.09. The van der Waals surface area contributed by atoms with Crippen molar-refractivity contribution < 1.29 is 34.3 Å². The molecule has 0 bridgehead atoms. The van der Waals surface area contributed by atoms with Crippen LogP contribution in [0.4, 0.5) is 4.79 Å². The number of ketones is 1. The summed E-state index contributed by atoms with van der Waals surface area (Å²) < 4.78 is 11.8. The fourth-order valence-electron chi connectivity index (χ4n) is 7.37. The number of ether oxygens (including phenoxy) is 2. The molecule has 3 aromatic rings. The van der Waals surface area contributed by atoms with Crippen LogP contribution in [0.25, 0.3) is 11.0 Å². The Bertz CT molecular complexity index is 1600. The number of Topliss-reactive ketones (excluding diaryl/α,β-unsaturated/α-hetero) is 1. The number of carbonyl (C=O) groups is 3. The number of aryl methyl sites for hydroxylation is 1. The summed E-state index contributed by atoms with van der Waals surface area (Å²) in [5.41, 5.74) is 1.74. The fraction of sp³-hybridized carbons (Fsp3) is 0.595. The number of carbonyl (C=O) groups excluding carboxylic acids is 3. The number of hydrogen-bond acceptors (Lipinski definition) is 10. The molecule has 49 heavy (non-hydrogen) atoms. The number of quaternary nitrogens is 1. The Morgan fingerprint density at radius 3 is 2.69 bits per heavy atom. The van der Waals surface area contributed by atoms with Gasteiger partial charge in [-0.15, -0.1) is 0 Å². The molecular weight excluding hydrogens is 624 g/mol. The van der Waals surface area contributed by atoms with Gasteiger partial charge in [-0.3, -0.25) is 29.5 Å². The molecule has 3 heterocycles. The average Bonchev–Trinajstić information content (AvgIpc) is 3.69. The first kappa shape index (κ1) is 36.1. The molecule has 2 aliphatic rings. The lowest BCUT2D eigenvalue weighted by Crippen LogP contribution is -2.91. The van der Waals surface area contributed by atoms with Gasteiger partial charge in [-0.1, -0.05) is 40.0 Å². The molecule has 1 aliphatic carbocycles. The Labute approximate surface area is 288 Å². The van der Waals surface area contributed by atoms with Gasteiger partial charge in [0.1, 0.15) is 18.0 Å². The van der Waals surface area contributed by atoms with Gasteiger partial charge in [0.2, 0.25) is 0 Å². The number of nitrogens with two attached hydrogens (primary N) is 1. The van der Waals surface area contributed by atoms with Crippen LogP contribution < -0.4 is 15.2 Å². The van der Waals surface area contributed by atoms with E-state index < -0.39 is 17.7 Å². The fourth-order valence-corrected chi connectivity index (χ4v) is 7.37. The highest BCUT2D eigenvalue weighted by Crippen LogP contribution is 2.41. The second kappa shape index (κ2) is 16.5. The smallest absolute Gasteiger partial charge is 0.513 e. The molecule has 0 spiro atoms. The average molecular weight is 675 g/mol. The number of amides is 2. The van der Waals surface area contributed by atoms with E-state index in [0.29, 0.717) is 41.1 Å². The van der Waals surface area contributed by atoms with Crippen LogP contribution >= 0.6 is 0 Å². The Hall–Kier alpha value is -4.19. The van der Waals surface area contributed by atoms with E-state index in [1.807, 2.05) is 32.9 Å². The summed E-state index contributed by atoms with van der Waals surface area (Å²) in [6, 6.07) is 4.93. The Kier molecular flexibility index (Phi) is 12.1. The number of benzene rings is 1. The van der Waals surface area contributed by atoms with Gasteiger partial charge in [0.15, 0.2) is 12.3 Å². The molecule has 264 valence electrons. The zero-order valence-electron chi connectivity index (χ0n) is 29.2. The van der Waals surface area contributed by atoms with Gasteiger partial charge >= 0.3 is 6.09 Å². The van der Waals surface area contributed by atoms with E-state index in [9.17, 15) is 19.5 Å². The van der Waals surface area contributed by atoms with Gasteiger partial charge in [0.25, 0.3) is 5.91 Å². The molecule has 2 amide bonds. The number of fused-ring (bicyclic) bond motifs is 1. The number of aromatic nitrogens is 4. The van der Waals surface area contributed by atoms with Crippen molar-refractivity contribution in [1.29, 1.82) is 0 Å². The maximum atomic E-state index is 13.1. The van der Waals surface area contributed by atoms with E-state index >= 15 is 0 Å². The molecule has 1 saturated carbocycles. The minimum absolute atomic E-state index is 0.0594. The highest BCUT2D eigenvalue weighted by Gasteiger charge is 2.44. The van der Waals surface area contributed by atoms with Crippen molar-refractivity contribution >= 4 is 28.8 Å². The molecule has 5 rings (SSSR count). The standard InChI is InChI=1S/C37H50N6O6/c1-5-25-15-19-43(33(25)34(45)24(2)3)32(44)22-40-36(47)49-37(4)16-9-11-26(37)10-7-6-8-12-30-35(46)42-31-20-28(13-14-29(31)41-30)48-23-27-21-38-17-18-39-27/h13-14,17-18,20-21,24-26,33H,5-12,15-16,19,22-23H2,1-4H3,(H,40,47)(H,42,46)/t25-,26-,33+,37?/m1/s1. The first-order valence-corrected chi connectivity index (χ1v) is 17.8. The quantitative estimate of drug-likeness (QED) is 0.230. The summed E-state index contributed by atoms with van der Waals surface area (Å²) in [5.74, 6) is 0.425. The van der Waals surface area contributed by atoms with E-state index in [4.69, 9.17) is 9.47 Å². The van der Waals surface area contributed by atoms with Crippen LogP contribution in [0.5, 0.6) is 11.6 Å². The first-order valence-electron chi connectivity index (χ1n) is 17.8. The lowest BCUT2D eigenvalue weighted by Gasteiger charge is -2.30. The van der Waals surface area contributed by atoms with Crippen LogP contribution in [0.1, 0.15) is 96.9 Å². The summed E-state index contributed by atoms with van der Waals surface area (Å²) in [6.07, 6.45) is 12.9. The zero-order valence-corrected chi connectivity index (χ0v) is 29.2. The van der Waals surface area contributed by atoms with Crippen molar-refractivity contribution in [1.82, 2.24) is 24.8 Å². The molecular formula is C37H50N6O6. The van der Waals surface area contributed by atoms with Crippen LogP contribution in [-0.4, -0.2) is 67.4 Å². The number of nitrogens with zero attached hydrogens (tertiary/aromatic N) is 5. The first-order chi connectivity index (χ1) is 23.6. The van der Waals surface area contributed by atoms with Crippen LogP contribution in [-0.2, 0) is 27.4 Å². The molecule has 1 saturated heterocycles. The molecule has 2 fully saturated rings. The molecule has 2 aromatic heterocycles. The van der Waals surface area contributed by atoms with Crippen LogP contribution in [0.3, 0.4) is 0 Å². The normalized spacial score (nSPS) is 22.1. The Balaban J connectivity index is 1.05. The van der Waals surface area contributed by atoms with E-state index in [0.717, 1.165) is 57.8 Å². The molecule has 12 nitrogen and oxygen atoms in total. The zero-order chi connectivity index (χ0) is 35.0. The van der Waals surface area contributed by atoms with Crippen molar-refractivity contribution in [3.05, 3.63) is 48.2 Å². The van der Waals surface area contributed by atoms with Gasteiger partial charge in [-0.25, -0.2) is 5.32 Å². The number of rotatable bonds is 15. The summed E-state index contributed by atoms with van der Waals surface area (Å²) in [7, 11) is 0. The predicted molar refractivity (Wildman–Crippen MR) is 180 cm³/mol. The molecule has 1 aliphatic heterocycles. The molecule has 4 atom stereocenters. The minimum Gasteiger partial charge on any atom is -0.857 e. The maximum Gasteiger partial charge on any atom is 0.513 e. The SMILES string of the molecule is CC[C@@H]1CCN(C(=O)C[NH2+]C(=O)OC2(C)CCC[C@H]2CCCCCc2nc3ccc(OCc4cnccn4)cc3nc2[O-])[C@@H]1C(=O)C(C)C. The number of unbranched alkanes of at least 4 members (excludes halogenated alkanes) is 2. The van der Waals surface area contributed by atoms with E-state index in [1.165, 1.54) is 5.32 Å². The summed E-state index contributed by atoms with van der Waals surface area (Å²) in [6.45, 7) is 8.56. The van der Waals surface area contributed by atoms with Gasteiger partial charge in [0.05, 0.1) is 34.7 Å². The second-order valence-electron chi connectivity index (χ2n) is 14.0. The summed E-state index contributed by atoms with van der Waals surface area (Å²) >= 11 is 0. The molecule has 1 unspecified atom stereocenters. The number of likely N-dealkylation sites (tertiary alicyclic amines) is 1. The van der Waals surface area contributed by atoms with Crippen LogP contribution in [0.15, 0.2) is 36.8 Å². The number of hydrogen-bond donors (Lipinski definition) is 1. The van der Waals surface area contributed by atoms with Crippen molar-refractivity contribution in [2.75, 3.05) is 13.1 Å². The maximum absolute atomic E-state index is 13.1. The van der Waals surface area contributed by atoms with E-state index in [-0.39, 0.29) is 48.5 Å². The molecule has 2 N–H and O–H groups in total. The Morgan fingerprint density at radius 2 is 1.94 bits per heavy atom. The number of primary amides is 1. The summed E-state index contributed by atoms with van der Waals surface area (Å²) in [5, 5.41) is 14.1. The molecule has 0 radical (unpaired) electrons. The lowest BCUT2D eigenvalue weighted by molar-refractivity contribution is -0.563. The topological polar surface area (TPSA) is 164 Å². The van der Waals surface area contributed by atoms with Gasteiger partial charge in [-0.05, 0) is 75.8 Å². The Morgan fingerprint density at radius 1 is 1.10 bits per heavy atom. The molecule has 12 heteroatoms. The van der Waals surface area contributed by atoms with Crippen molar-refractivity contribution in [3.63, 3.8) is 0 Å². The largest absolute Gasteiger partial charge is 0.857 e. The van der Waals surface area contributed by atoms with Gasteiger partial charge in [0, 0.05) is 36.8 Å². The third-order valence-electron chi connectivity index (χ3n) is 10.2. The monoisotopic (exact) mass is 674 g/mol. The van der Waals surface area contributed by atoms with Crippen LogP contribution in [0.2, 0.25) is 0 Å². The van der Waals surface area contributed by atoms with E-state index in [1.54, 1.807) is 29.6 Å². The minimum atomic E-state index is -0.573.